The van der Waals surface area contributed by atoms with Gasteiger partial charge in [0.15, 0.2) is 11.6 Å². The number of hydrogen-bond donors (Lipinski definition) is 1. The lowest BCUT2D eigenvalue weighted by atomic mass is 10.1. The average Bonchev–Trinajstić information content (AvgIpc) is 3.62. The molecule has 13 heteroatoms. The summed E-state index contributed by atoms with van der Waals surface area (Å²) in [5.74, 6) is -2.29. The minimum atomic E-state index is -3.87. The number of benzene rings is 1. The summed E-state index contributed by atoms with van der Waals surface area (Å²) in [7, 11) is -2.51. The first-order chi connectivity index (χ1) is 17.3. The molecule has 3 aliphatic rings. The number of anilines is 3. The van der Waals surface area contributed by atoms with Crippen molar-refractivity contribution in [3.63, 3.8) is 0 Å². The molecule has 0 radical (unpaired) electrons. The molecule has 2 aliphatic heterocycles. The lowest BCUT2D eigenvalue weighted by Gasteiger charge is -2.36. The molecule has 1 N–H and O–H groups in total. The highest BCUT2D eigenvalue weighted by Crippen LogP contribution is 2.36. The second kappa shape index (κ2) is 10.2. The van der Waals surface area contributed by atoms with Crippen LogP contribution in [0.25, 0.3) is 0 Å². The molecule has 2 fully saturated rings. The van der Waals surface area contributed by atoms with Gasteiger partial charge >= 0.3 is 0 Å². The third-order valence-electron chi connectivity index (χ3n) is 6.66. The van der Waals surface area contributed by atoms with E-state index in [0.29, 0.717) is 0 Å². The van der Waals surface area contributed by atoms with Gasteiger partial charge in [0.05, 0.1) is 36.5 Å². The fourth-order valence-corrected chi connectivity index (χ4v) is 5.50. The van der Waals surface area contributed by atoms with E-state index in [1.165, 1.54) is 20.0 Å². The molecule has 1 atom stereocenters. The van der Waals surface area contributed by atoms with E-state index in [1.807, 2.05) is 12.3 Å². The van der Waals surface area contributed by atoms with Crippen LogP contribution in [-0.2, 0) is 14.8 Å². The first-order valence-electron chi connectivity index (χ1n) is 11.9. The van der Waals surface area contributed by atoms with Gasteiger partial charge in [-0.05, 0) is 31.0 Å². The lowest BCUT2D eigenvalue weighted by molar-refractivity contribution is 0.217. The van der Waals surface area contributed by atoms with E-state index in [2.05, 4.69) is 29.8 Å². The van der Waals surface area contributed by atoms with Gasteiger partial charge in [0.25, 0.3) is 0 Å². The molecule has 3 heterocycles. The minimum absolute atomic E-state index is 0.0592. The fourth-order valence-electron chi connectivity index (χ4n) is 4.52. The van der Waals surface area contributed by atoms with Crippen molar-refractivity contribution >= 4 is 27.1 Å². The summed E-state index contributed by atoms with van der Waals surface area (Å²) in [4.78, 5) is 9.20. The van der Waals surface area contributed by atoms with E-state index in [-0.39, 0.29) is 24.6 Å². The smallest absolute Gasteiger partial charge is 0.235 e. The molecule has 1 saturated carbocycles. The topological polar surface area (TPSA) is 103 Å². The molecule has 194 valence electrons. The van der Waals surface area contributed by atoms with E-state index in [4.69, 9.17) is 4.74 Å². The normalized spacial score (nSPS) is 20.8. The van der Waals surface area contributed by atoms with Crippen LogP contribution in [-0.4, -0.2) is 76.5 Å². The van der Waals surface area contributed by atoms with Gasteiger partial charge in [-0.1, -0.05) is 5.22 Å². The van der Waals surface area contributed by atoms with Crippen molar-refractivity contribution in [3.8, 4) is 0 Å². The van der Waals surface area contributed by atoms with Crippen LogP contribution in [0.5, 0.6) is 0 Å². The molecule has 1 unspecified atom stereocenters. The van der Waals surface area contributed by atoms with Crippen molar-refractivity contribution in [1.82, 2.24) is 9.88 Å². The minimum Gasteiger partial charge on any atom is -0.384 e. The summed E-state index contributed by atoms with van der Waals surface area (Å²) in [6.45, 7) is 3.92. The molecular weight excluding hydrogens is 492 g/mol. The summed E-state index contributed by atoms with van der Waals surface area (Å²) in [6, 6.07) is 4.32. The standard InChI is InChI=1S/C23H29F2N7O3S/c1-35-10-11-36(33,34)28-20-5-4-19(24)23(22(20)25)32-15-21(27-29-32)16-12-18(14-26-13-16)31-8-6-30(7-9-31)17-2-3-17/h4-5,12-14,17,21,28H,2-3,6-11,15H2,1H3. The number of sulfonamides is 1. The monoisotopic (exact) mass is 521 g/mol. The van der Waals surface area contributed by atoms with Crippen LogP contribution in [0.3, 0.4) is 0 Å². The Morgan fingerprint density at radius 2 is 1.92 bits per heavy atom. The van der Waals surface area contributed by atoms with Gasteiger partial charge in [-0.25, -0.2) is 22.2 Å². The van der Waals surface area contributed by atoms with Crippen LogP contribution in [0.4, 0.5) is 25.8 Å². The van der Waals surface area contributed by atoms with Crippen molar-refractivity contribution in [2.45, 2.75) is 24.9 Å². The molecule has 5 rings (SSSR count). The molecular formula is C23H29F2N7O3S. The largest absolute Gasteiger partial charge is 0.384 e. The second-order valence-corrected chi connectivity index (χ2v) is 11.0. The Morgan fingerprint density at radius 3 is 2.64 bits per heavy atom. The van der Waals surface area contributed by atoms with E-state index in [9.17, 15) is 12.8 Å². The maximum absolute atomic E-state index is 15.2. The quantitative estimate of drug-likeness (QED) is 0.541. The number of methoxy groups -OCH3 is 1. The molecule has 10 nitrogen and oxygen atoms in total. The number of piperazine rings is 1. The van der Waals surface area contributed by atoms with Crippen molar-refractivity contribution in [2.75, 3.05) is 66.8 Å². The van der Waals surface area contributed by atoms with Crippen LogP contribution in [0.15, 0.2) is 40.9 Å². The van der Waals surface area contributed by atoms with Crippen LogP contribution < -0.4 is 14.6 Å². The first kappa shape index (κ1) is 24.8. The maximum atomic E-state index is 15.2. The van der Waals surface area contributed by atoms with Crippen LogP contribution in [0.1, 0.15) is 24.4 Å². The van der Waals surface area contributed by atoms with Gasteiger partial charge in [-0.15, -0.1) is 0 Å². The highest BCUT2D eigenvalue weighted by atomic mass is 32.2. The van der Waals surface area contributed by atoms with E-state index in [0.717, 1.165) is 60.6 Å². The zero-order valence-corrected chi connectivity index (χ0v) is 20.8. The van der Waals surface area contributed by atoms with Crippen LogP contribution in [0, 0.1) is 11.6 Å². The van der Waals surface area contributed by atoms with Gasteiger partial charge in [-0.2, -0.15) is 5.11 Å². The Labute approximate surface area is 209 Å². The molecule has 0 spiro atoms. The fraction of sp³-hybridized carbons (Fsp3) is 0.522. The molecule has 0 amide bonds. The van der Waals surface area contributed by atoms with Crippen molar-refractivity contribution in [2.24, 2.45) is 10.3 Å². The highest BCUT2D eigenvalue weighted by molar-refractivity contribution is 7.92. The Balaban J connectivity index is 1.28. The number of nitrogens with one attached hydrogen (secondary N) is 1. The van der Waals surface area contributed by atoms with Gasteiger partial charge in [0, 0.05) is 51.1 Å². The van der Waals surface area contributed by atoms with Crippen LogP contribution >= 0.6 is 0 Å². The molecule has 36 heavy (non-hydrogen) atoms. The zero-order valence-electron chi connectivity index (χ0n) is 20.0. The van der Waals surface area contributed by atoms with Crippen molar-refractivity contribution in [1.29, 1.82) is 0 Å². The second-order valence-electron chi connectivity index (χ2n) is 9.20. The van der Waals surface area contributed by atoms with Crippen molar-refractivity contribution in [3.05, 3.63) is 47.8 Å². The number of aromatic nitrogens is 1. The van der Waals surface area contributed by atoms with Gasteiger partial charge in [0.2, 0.25) is 10.0 Å². The summed E-state index contributed by atoms with van der Waals surface area (Å²) in [6.07, 6.45) is 6.09. The molecule has 1 aromatic heterocycles. The predicted molar refractivity (Wildman–Crippen MR) is 132 cm³/mol. The third-order valence-corrected chi connectivity index (χ3v) is 7.90. The van der Waals surface area contributed by atoms with E-state index >= 15 is 4.39 Å². The SMILES string of the molecule is COCCS(=O)(=O)Nc1ccc(F)c(N2CC(c3cncc(N4CCN(C5CC5)CC4)c3)N=N2)c1F. The summed E-state index contributed by atoms with van der Waals surface area (Å²) in [5, 5.41) is 9.31. The number of halogens is 2. The lowest BCUT2D eigenvalue weighted by Crippen LogP contribution is -2.47. The number of ether oxygens (including phenoxy) is 1. The van der Waals surface area contributed by atoms with Crippen molar-refractivity contribution < 1.29 is 21.9 Å². The Hall–Kier alpha value is -2.90. The zero-order chi connectivity index (χ0) is 25.3. The summed E-state index contributed by atoms with van der Waals surface area (Å²) >= 11 is 0. The Kier molecular flexibility index (Phi) is 7.04. The highest BCUT2D eigenvalue weighted by Gasteiger charge is 2.32. The number of nitrogens with zero attached hydrogens (tertiary/aromatic N) is 6. The van der Waals surface area contributed by atoms with Gasteiger partial charge < -0.3 is 9.64 Å². The Morgan fingerprint density at radius 1 is 1.14 bits per heavy atom. The van der Waals surface area contributed by atoms with E-state index < -0.39 is 33.4 Å². The molecule has 2 aromatic rings. The van der Waals surface area contributed by atoms with Gasteiger partial charge in [-0.3, -0.25) is 14.6 Å². The molecule has 1 aliphatic carbocycles. The average molecular weight is 522 g/mol. The number of pyridine rings is 1. The number of rotatable bonds is 9. The Bertz CT molecular complexity index is 1230. The molecule has 1 saturated heterocycles. The van der Waals surface area contributed by atoms with E-state index in [1.54, 1.807) is 6.20 Å². The summed E-state index contributed by atoms with van der Waals surface area (Å²) in [5.41, 5.74) is 0.950. The van der Waals surface area contributed by atoms with Gasteiger partial charge in [0.1, 0.15) is 11.7 Å². The van der Waals surface area contributed by atoms with Crippen LogP contribution in [0.2, 0.25) is 0 Å². The molecule has 1 aromatic carbocycles. The molecule has 0 bridgehead atoms. The maximum Gasteiger partial charge on any atom is 0.235 e. The third kappa shape index (κ3) is 5.42. The predicted octanol–water partition coefficient (Wildman–Crippen LogP) is 2.96. The first-order valence-corrected chi connectivity index (χ1v) is 13.6. The number of hydrogen-bond acceptors (Lipinski definition) is 9. The summed E-state index contributed by atoms with van der Waals surface area (Å²) < 4.78 is 61.1.